The van der Waals surface area contributed by atoms with Crippen molar-refractivity contribution in [1.29, 1.82) is 0 Å². The first-order valence-electron chi connectivity index (χ1n) is 5.66. The third-order valence-electron chi connectivity index (χ3n) is 3.08. The molecule has 2 N–H and O–H groups in total. The van der Waals surface area contributed by atoms with Gasteiger partial charge in [-0.25, -0.2) is 0 Å². The van der Waals surface area contributed by atoms with E-state index in [0.29, 0.717) is 17.4 Å². The molecule has 0 radical (unpaired) electrons. The van der Waals surface area contributed by atoms with E-state index in [1.54, 1.807) is 13.1 Å². The van der Waals surface area contributed by atoms with Gasteiger partial charge in [0.05, 0.1) is 0 Å². The summed E-state index contributed by atoms with van der Waals surface area (Å²) in [5.41, 5.74) is 6.12. The van der Waals surface area contributed by atoms with E-state index in [9.17, 15) is 4.79 Å². The topological polar surface area (TPSA) is 64.2 Å². The van der Waals surface area contributed by atoms with Crippen molar-refractivity contribution >= 4 is 11.7 Å². The van der Waals surface area contributed by atoms with Crippen LogP contribution >= 0.6 is 0 Å². The summed E-state index contributed by atoms with van der Waals surface area (Å²) in [5.74, 6) is 1.10. The molecule has 5 heteroatoms. The molecule has 0 aromatic carbocycles. The predicted molar refractivity (Wildman–Crippen MR) is 61.9 cm³/mol. The lowest BCUT2D eigenvalue weighted by atomic mass is 10.00. The number of piperidine rings is 1. The number of aryl methyl sites for hydroxylation is 1. The van der Waals surface area contributed by atoms with Gasteiger partial charge in [0.15, 0.2) is 5.69 Å². The Morgan fingerprint density at radius 1 is 1.62 bits per heavy atom. The van der Waals surface area contributed by atoms with Crippen LogP contribution in [-0.4, -0.2) is 33.7 Å². The summed E-state index contributed by atoms with van der Waals surface area (Å²) >= 11 is 0. The minimum Gasteiger partial charge on any atom is -0.384 e. The van der Waals surface area contributed by atoms with Crippen LogP contribution in [0.1, 0.15) is 30.3 Å². The largest absolute Gasteiger partial charge is 0.384 e. The maximum absolute atomic E-state index is 12.1. The van der Waals surface area contributed by atoms with E-state index in [2.05, 4.69) is 12.0 Å². The molecule has 1 atom stereocenters. The van der Waals surface area contributed by atoms with Crippen LogP contribution in [0.2, 0.25) is 0 Å². The second kappa shape index (κ2) is 4.15. The lowest BCUT2D eigenvalue weighted by molar-refractivity contribution is 0.0676. The van der Waals surface area contributed by atoms with Crippen LogP contribution in [-0.2, 0) is 7.05 Å². The molecule has 1 aliphatic heterocycles. The Morgan fingerprint density at radius 2 is 2.38 bits per heavy atom. The van der Waals surface area contributed by atoms with Gasteiger partial charge in [0.1, 0.15) is 5.82 Å². The molecule has 5 nitrogen and oxygen atoms in total. The molecular formula is C11H18N4O. The zero-order valence-electron chi connectivity index (χ0n) is 9.81. The van der Waals surface area contributed by atoms with E-state index >= 15 is 0 Å². The van der Waals surface area contributed by atoms with Gasteiger partial charge in [-0.15, -0.1) is 0 Å². The highest BCUT2D eigenvalue weighted by molar-refractivity contribution is 5.93. The van der Waals surface area contributed by atoms with Crippen molar-refractivity contribution in [1.82, 2.24) is 14.7 Å². The fraction of sp³-hybridized carbons (Fsp3) is 0.636. The van der Waals surface area contributed by atoms with Crippen molar-refractivity contribution < 1.29 is 4.79 Å². The molecule has 0 spiro atoms. The molecule has 1 amide bonds. The fourth-order valence-electron chi connectivity index (χ4n) is 2.12. The Kier molecular flexibility index (Phi) is 2.85. The molecule has 1 aromatic heterocycles. The first-order valence-corrected chi connectivity index (χ1v) is 5.66. The monoisotopic (exact) mass is 222 g/mol. The molecule has 0 saturated carbocycles. The fourth-order valence-corrected chi connectivity index (χ4v) is 2.12. The van der Waals surface area contributed by atoms with Gasteiger partial charge >= 0.3 is 0 Å². The molecule has 1 aromatic rings. The van der Waals surface area contributed by atoms with Gasteiger partial charge in [-0.05, 0) is 18.8 Å². The highest BCUT2D eigenvalue weighted by Crippen LogP contribution is 2.18. The van der Waals surface area contributed by atoms with Gasteiger partial charge in [-0.2, -0.15) is 5.10 Å². The van der Waals surface area contributed by atoms with Crippen LogP contribution in [0.25, 0.3) is 0 Å². The number of rotatable bonds is 1. The highest BCUT2D eigenvalue weighted by atomic mass is 16.2. The summed E-state index contributed by atoms with van der Waals surface area (Å²) in [7, 11) is 1.74. The Morgan fingerprint density at radius 3 is 2.94 bits per heavy atom. The zero-order valence-corrected chi connectivity index (χ0v) is 9.81. The van der Waals surface area contributed by atoms with Gasteiger partial charge in [0.2, 0.25) is 0 Å². The third-order valence-corrected chi connectivity index (χ3v) is 3.08. The number of amides is 1. The number of hydrogen-bond donors (Lipinski definition) is 1. The molecule has 1 saturated heterocycles. The third kappa shape index (κ3) is 2.03. The number of anilines is 1. The SMILES string of the molecule is CC1CCCN(C(=O)c2cc(N)n(C)n2)C1. The molecule has 0 aliphatic carbocycles. The highest BCUT2D eigenvalue weighted by Gasteiger charge is 2.23. The first-order chi connectivity index (χ1) is 7.58. The molecule has 1 aliphatic rings. The molecule has 0 bridgehead atoms. The maximum Gasteiger partial charge on any atom is 0.274 e. The molecule has 1 unspecified atom stereocenters. The summed E-state index contributed by atoms with van der Waals surface area (Å²) in [6, 6.07) is 1.64. The number of aromatic nitrogens is 2. The van der Waals surface area contributed by atoms with E-state index in [-0.39, 0.29) is 5.91 Å². The first kappa shape index (κ1) is 11.0. The van der Waals surface area contributed by atoms with Crippen molar-refractivity contribution in [3.05, 3.63) is 11.8 Å². The van der Waals surface area contributed by atoms with Gasteiger partial charge in [0.25, 0.3) is 5.91 Å². The van der Waals surface area contributed by atoms with E-state index in [4.69, 9.17) is 5.73 Å². The lowest BCUT2D eigenvalue weighted by Gasteiger charge is -2.30. The van der Waals surface area contributed by atoms with Crippen LogP contribution in [0, 0.1) is 5.92 Å². The van der Waals surface area contributed by atoms with Crippen molar-refractivity contribution in [2.75, 3.05) is 18.8 Å². The minimum atomic E-state index is -0.00106. The van der Waals surface area contributed by atoms with Crippen molar-refractivity contribution in [2.45, 2.75) is 19.8 Å². The van der Waals surface area contributed by atoms with Crippen LogP contribution in [0.3, 0.4) is 0 Å². The van der Waals surface area contributed by atoms with Crippen LogP contribution < -0.4 is 5.73 Å². The van der Waals surface area contributed by atoms with Gasteiger partial charge in [-0.1, -0.05) is 6.92 Å². The van der Waals surface area contributed by atoms with Gasteiger partial charge in [0, 0.05) is 26.2 Å². The smallest absolute Gasteiger partial charge is 0.274 e. The van der Waals surface area contributed by atoms with Crippen molar-refractivity contribution in [3.8, 4) is 0 Å². The zero-order chi connectivity index (χ0) is 11.7. The number of hydrogen-bond acceptors (Lipinski definition) is 3. The van der Waals surface area contributed by atoms with Crippen LogP contribution in [0.15, 0.2) is 6.07 Å². The number of nitrogens with two attached hydrogens (primary N) is 1. The quantitative estimate of drug-likeness (QED) is 0.767. The summed E-state index contributed by atoms with van der Waals surface area (Å²) < 4.78 is 1.53. The van der Waals surface area contributed by atoms with Gasteiger partial charge < -0.3 is 10.6 Å². The Balaban J connectivity index is 2.12. The van der Waals surface area contributed by atoms with E-state index < -0.39 is 0 Å². The molecule has 16 heavy (non-hydrogen) atoms. The molecule has 2 heterocycles. The standard InChI is InChI=1S/C11H18N4O/c1-8-4-3-5-15(7-8)11(16)9-6-10(12)14(2)13-9/h6,8H,3-5,7,12H2,1-2H3. The Bertz CT molecular complexity index is 379. The number of nitrogen functional groups attached to an aromatic ring is 1. The Labute approximate surface area is 95.2 Å². The summed E-state index contributed by atoms with van der Waals surface area (Å²) in [6.07, 6.45) is 2.28. The molecule has 1 fully saturated rings. The number of nitrogens with zero attached hydrogens (tertiary/aromatic N) is 3. The summed E-state index contributed by atoms with van der Waals surface area (Å²) in [4.78, 5) is 14.0. The number of carbonyl (C=O) groups is 1. The van der Waals surface area contributed by atoms with Crippen molar-refractivity contribution in [3.63, 3.8) is 0 Å². The van der Waals surface area contributed by atoms with E-state index in [1.165, 1.54) is 11.1 Å². The Hall–Kier alpha value is -1.52. The lowest BCUT2D eigenvalue weighted by Crippen LogP contribution is -2.39. The van der Waals surface area contributed by atoms with Crippen LogP contribution in [0.4, 0.5) is 5.82 Å². The molecule has 88 valence electrons. The maximum atomic E-state index is 12.1. The van der Waals surface area contributed by atoms with Crippen molar-refractivity contribution in [2.24, 2.45) is 13.0 Å². The molecule has 2 rings (SSSR count). The normalized spacial score (nSPS) is 21.1. The minimum absolute atomic E-state index is 0.00106. The number of likely N-dealkylation sites (tertiary alicyclic amines) is 1. The van der Waals surface area contributed by atoms with E-state index in [0.717, 1.165) is 19.5 Å². The van der Waals surface area contributed by atoms with Crippen LogP contribution in [0.5, 0.6) is 0 Å². The van der Waals surface area contributed by atoms with E-state index in [1.807, 2.05) is 4.90 Å². The number of carbonyl (C=O) groups excluding carboxylic acids is 1. The average molecular weight is 222 g/mol. The van der Waals surface area contributed by atoms with Gasteiger partial charge in [-0.3, -0.25) is 9.48 Å². The summed E-state index contributed by atoms with van der Waals surface area (Å²) in [6.45, 7) is 3.83. The second-order valence-electron chi connectivity index (χ2n) is 4.58. The summed E-state index contributed by atoms with van der Waals surface area (Å²) in [5, 5.41) is 4.11. The predicted octanol–water partition coefficient (Wildman–Crippen LogP) is 0.874. The molecular weight excluding hydrogens is 204 g/mol. The average Bonchev–Trinajstić information content (AvgIpc) is 2.58. The second-order valence-corrected chi connectivity index (χ2v) is 4.58.